The number of hydrogen-bond donors (Lipinski definition) is 2. The number of likely N-dealkylation sites (tertiary alicyclic amines) is 1. The summed E-state index contributed by atoms with van der Waals surface area (Å²) >= 11 is 0. The maximum absolute atomic E-state index is 12.4. The molecule has 142 valence electrons. The van der Waals surface area contributed by atoms with Gasteiger partial charge in [-0.2, -0.15) is 4.98 Å². The topological polar surface area (TPSA) is 109 Å². The number of carbonyl (C=O) groups is 2. The van der Waals surface area contributed by atoms with Crippen molar-refractivity contribution in [2.75, 3.05) is 19.6 Å². The van der Waals surface area contributed by atoms with Gasteiger partial charge in [0.25, 0.3) is 0 Å². The Kier molecular flexibility index (Phi) is 4.55. The van der Waals surface area contributed by atoms with Crippen LogP contribution >= 0.6 is 0 Å². The van der Waals surface area contributed by atoms with Gasteiger partial charge >= 0.3 is 12.0 Å². The molecule has 4 rings (SSSR count). The van der Waals surface area contributed by atoms with Crippen LogP contribution in [0.1, 0.15) is 31.6 Å². The molecule has 2 N–H and O–H groups in total. The number of amides is 2. The molecule has 2 aromatic rings. The van der Waals surface area contributed by atoms with E-state index in [2.05, 4.69) is 15.5 Å². The molecule has 2 amide bonds. The Morgan fingerprint density at radius 2 is 2.15 bits per heavy atom. The van der Waals surface area contributed by atoms with E-state index in [1.165, 1.54) is 0 Å². The third kappa shape index (κ3) is 3.27. The fourth-order valence-corrected chi connectivity index (χ4v) is 4.31. The van der Waals surface area contributed by atoms with Crippen LogP contribution in [0.3, 0.4) is 0 Å². The third-order valence-corrected chi connectivity index (χ3v) is 5.66. The van der Waals surface area contributed by atoms with E-state index in [1.807, 2.05) is 30.3 Å². The van der Waals surface area contributed by atoms with Gasteiger partial charge in [0, 0.05) is 25.2 Å². The predicted molar refractivity (Wildman–Crippen MR) is 96.0 cm³/mol. The molecule has 1 aliphatic carbocycles. The van der Waals surface area contributed by atoms with Crippen LogP contribution in [0.2, 0.25) is 0 Å². The largest absolute Gasteiger partial charge is 0.481 e. The van der Waals surface area contributed by atoms with Crippen LogP contribution in [0, 0.1) is 5.92 Å². The summed E-state index contributed by atoms with van der Waals surface area (Å²) in [6.07, 6.45) is 2.91. The molecule has 0 bridgehead atoms. The Morgan fingerprint density at radius 3 is 2.93 bits per heavy atom. The van der Waals surface area contributed by atoms with Crippen LogP contribution in [0.4, 0.5) is 4.79 Å². The Balaban J connectivity index is 1.51. The van der Waals surface area contributed by atoms with Gasteiger partial charge in [-0.25, -0.2) is 4.79 Å². The van der Waals surface area contributed by atoms with Gasteiger partial charge < -0.3 is 19.8 Å². The Morgan fingerprint density at radius 1 is 1.33 bits per heavy atom. The van der Waals surface area contributed by atoms with Crippen LogP contribution in [-0.4, -0.2) is 51.8 Å². The molecule has 1 saturated carbocycles. The summed E-state index contributed by atoms with van der Waals surface area (Å²) in [4.78, 5) is 29.4. The molecule has 0 unspecified atom stereocenters. The first-order valence-electron chi connectivity index (χ1n) is 9.23. The number of hydrogen-bond acceptors (Lipinski definition) is 5. The minimum atomic E-state index is -0.927. The van der Waals surface area contributed by atoms with Crippen LogP contribution in [0.25, 0.3) is 11.4 Å². The van der Waals surface area contributed by atoms with E-state index < -0.39 is 5.97 Å². The van der Waals surface area contributed by atoms with Crippen molar-refractivity contribution in [2.24, 2.45) is 5.92 Å². The molecule has 1 aliphatic heterocycles. The van der Waals surface area contributed by atoms with E-state index in [9.17, 15) is 9.59 Å². The van der Waals surface area contributed by atoms with Crippen molar-refractivity contribution < 1.29 is 19.2 Å². The number of nitrogens with zero attached hydrogens (tertiary/aromatic N) is 3. The molecule has 8 nitrogen and oxygen atoms in total. The number of carbonyl (C=O) groups excluding carboxylic acids is 1. The molecule has 27 heavy (non-hydrogen) atoms. The van der Waals surface area contributed by atoms with Crippen LogP contribution in [0.15, 0.2) is 34.9 Å². The molecular formula is C19H22N4O4. The lowest BCUT2D eigenvalue weighted by Gasteiger charge is -2.24. The molecule has 2 fully saturated rings. The number of aliphatic carboxylic acids is 1. The van der Waals surface area contributed by atoms with Crippen LogP contribution in [-0.2, 0) is 10.2 Å². The van der Waals surface area contributed by atoms with Crippen molar-refractivity contribution in [2.45, 2.75) is 31.1 Å². The van der Waals surface area contributed by atoms with Crippen molar-refractivity contribution in [3.8, 4) is 11.4 Å². The van der Waals surface area contributed by atoms with Gasteiger partial charge in [0.1, 0.15) is 0 Å². The van der Waals surface area contributed by atoms with E-state index in [-0.39, 0.29) is 30.3 Å². The zero-order valence-electron chi connectivity index (χ0n) is 14.9. The number of urea groups is 1. The number of nitrogens with one attached hydrogen (secondary N) is 1. The second-order valence-electron chi connectivity index (χ2n) is 7.29. The molecule has 2 heterocycles. The van der Waals surface area contributed by atoms with E-state index in [0.717, 1.165) is 24.8 Å². The average Bonchev–Trinajstić information content (AvgIpc) is 3.36. The number of rotatable bonds is 5. The normalized spacial score (nSPS) is 24.0. The van der Waals surface area contributed by atoms with E-state index in [4.69, 9.17) is 9.63 Å². The first-order chi connectivity index (χ1) is 13.1. The molecule has 2 aliphatic rings. The second-order valence-corrected chi connectivity index (χ2v) is 7.29. The molecule has 8 heteroatoms. The van der Waals surface area contributed by atoms with Gasteiger partial charge in [-0.15, -0.1) is 0 Å². The average molecular weight is 370 g/mol. The summed E-state index contributed by atoms with van der Waals surface area (Å²) in [7, 11) is 0. The van der Waals surface area contributed by atoms with Crippen molar-refractivity contribution in [3.05, 3.63) is 36.2 Å². The summed E-state index contributed by atoms with van der Waals surface area (Å²) in [6, 6.07) is 9.45. The fourth-order valence-electron chi connectivity index (χ4n) is 4.31. The smallest absolute Gasteiger partial charge is 0.317 e. The second kappa shape index (κ2) is 7.02. The zero-order valence-corrected chi connectivity index (χ0v) is 14.9. The summed E-state index contributed by atoms with van der Waals surface area (Å²) in [6.45, 7) is 1.27. The van der Waals surface area contributed by atoms with Gasteiger partial charge in [0.2, 0.25) is 11.7 Å². The van der Waals surface area contributed by atoms with Crippen molar-refractivity contribution >= 4 is 12.0 Å². The summed E-state index contributed by atoms with van der Waals surface area (Å²) in [5, 5.41) is 15.6. The highest BCUT2D eigenvalue weighted by Crippen LogP contribution is 2.50. The SMILES string of the molecule is O=C(O)CCNC(=O)N1C[C@H]2CCC[C@@]2(c2nc(-c3ccccc3)no2)C1. The monoisotopic (exact) mass is 370 g/mol. The van der Waals surface area contributed by atoms with Crippen molar-refractivity contribution in [3.63, 3.8) is 0 Å². The summed E-state index contributed by atoms with van der Waals surface area (Å²) < 4.78 is 5.65. The molecule has 1 aromatic carbocycles. The quantitative estimate of drug-likeness (QED) is 0.836. The van der Waals surface area contributed by atoms with Crippen LogP contribution < -0.4 is 5.32 Å². The maximum Gasteiger partial charge on any atom is 0.317 e. The summed E-state index contributed by atoms with van der Waals surface area (Å²) in [5.74, 6) is 0.524. The molecule has 2 atom stereocenters. The maximum atomic E-state index is 12.4. The standard InChI is InChI=1S/C19H22N4O4/c24-15(25)8-10-20-18(26)23-11-14-7-4-9-19(14,12-23)17-21-16(22-27-17)13-5-2-1-3-6-13/h1-3,5-6,14H,4,7-12H2,(H,20,26)(H,24,25)/t14-,19-/m1/s1. The number of carboxylic acid groups (broad SMARTS) is 1. The summed E-state index contributed by atoms with van der Waals surface area (Å²) in [5.41, 5.74) is 0.601. The number of carboxylic acids is 1. The molecule has 0 radical (unpaired) electrons. The van der Waals surface area contributed by atoms with Crippen molar-refractivity contribution in [1.82, 2.24) is 20.4 Å². The first kappa shape index (κ1) is 17.5. The Bertz CT molecular complexity index is 837. The van der Waals surface area contributed by atoms with E-state index in [1.54, 1.807) is 4.90 Å². The van der Waals surface area contributed by atoms with Gasteiger partial charge in [-0.05, 0) is 18.8 Å². The minimum Gasteiger partial charge on any atom is -0.481 e. The molecule has 1 saturated heterocycles. The Hall–Kier alpha value is -2.90. The van der Waals surface area contributed by atoms with Gasteiger partial charge in [-0.1, -0.05) is 41.9 Å². The van der Waals surface area contributed by atoms with Gasteiger partial charge in [0.15, 0.2) is 0 Å². The lowest BCUT2D eigenvalue weighted by molar-refractivity contribution is -0.136. The van der Waals surface area contributed by atoms with E-state index >= 15 is 0 Å². The first-order valence-corrected chi connectivity index (χ1v) is 9.23. The Labute approximate surface area is 156 Å². The van der Waals surface area contributed by atoms with Gasteiger partial charge in [0.05, 0.1) is 11.8 Å². The number of benzene rings is 1. The van der Waals surface area contributed by atoms with Crippen molar-refractivity contribution in [1.29, 1.82) is 0 Å². The molecular weight excluding hydrogens is 348 g/mol. The van der Waals surface area contributed by atoms with E-state index in [0.29, 0.717) is 24.8 Å². The third-order valence-electron chi connectivity index (χ3n) is 5.66. The predicted octanol–water partition coefficient (Wildman–Crippen LogP) is 2.27. The highest BCUT2D eigenvalue weighted by Gasteiger charge is 2.55. The van der Waals surface area contributed by atoms with Crippen LogP contribution in [0.5, 0.6) is 0 Å². The fraction of sp³-hybridized carbons (Fsp3) is 0.474. The lowest BCUT2D eigenvalue weighted by atomic mass is 9.80. The van der Waals surface area contributed by atoms with Gasteiger partial charge in [-0.3, -0.25) is 4.79 Å². The number of aromatic nitrogens is 2. The zero-order chi connectivity index (χ0) is 18.9. The number of fused-ring (bicyclic) bond motifs is 1. The highest BCUT2D eigenvalue weighted by molar-refractivity contribution is 5.76. The highest BCUT2D eigenvalue weighted by atomic mass is 16.5. The minimum absolute atomic E-state index is 0.0851. The molecule has 1 aromatic heterocycles. The molecule has 0 spiro atoms. The lowest BCUT2D eigenvalue weighted by Crippen LogP contribution is -2.41.